The summed E-state index contributed by atoms with van der Waals surface area (Å²) in [5.41, 5.74) is 1.67. The van der Waals surface area contributed by atoms with Crippen LogP contribution in [0.3, 0.4) is 0 Å². The van der Waals surface area contributed by atoms with Crippen molar-refractivity contribution in [3.63, 3.8) is 0 Å². The monoisotopic (exact) mass is 210 g/mol. The molecule has 0 aliphatic rings. The molecule has 0 aliphatic carbocycles. The van der Waals surface area contributed by atoms with Crippen molar-refractivity contribution in [2.45, 2.75) is 52.4 Å². The predicted octanol–water partition coefficient (Wildman–Crippen LogP) is 2.94. The van der Waals surface area contributed by atoms with E-state index in [-0.39, 0.29) is 5.41 Å². The van der Waals surface area contributed by atoms with Crippen LogP contribution in [0.25, 0.3) is 0 Å². The van der Waals surface area contributed by atoms with Crippen LogP contribution in [0.2, 0.25) is 0 Å². The molecule has 1 aromatic heterocycles. The Labute approximate surface area is 92.1 Å². The molecular formula is C12H22N2O. The SMILES string of the molecule is CCC(C)c1nn(C)c(C(C)(C)C)c1O. The third-order valence-corrected chi connectivity index (χ3v) is 2.84. The average molecular weight is 210 g/mol. The van der Waals surface area contributed by atoms with Crippen LogP contribution in [-0.2, 0) is 12.5 Å². The molecular weight excluding hydrogens is 188 g/mol. The van der Waals surface area contributed by atoms with Gasteiger partial charge >= 0.3 is 0 Å². The first kappa shape index (κ1) is 12.1. The highest BCUT2D eigenvalue weighted by atomic mass is 16.3. The van der Waals surface area contributed by atoms with Crippen molar-refractivity contribution in [3.05, 3.63) is 11.4 Å². The van der Waals surface area contributed by atoms with E-state index in [1.807, 2.05) is 7.05 Å². The molecule has 0 fully saturated rings. The van der Waals surface area contributed by atoms with E-state index < -0.39 is 0 Å². The van der Waals surface area contributed by atoms with Gasteiger partial charge in [0.05, 0.1) is 5.69 Å². The zero-order chi connectivity index (χ0) is 11.8. The molecule has 3 heteroatoms. The second-order valence-corrected chi connectivity index (χ2v) is 5.27. The third kappa shape index (κ3) is 2.16. The summed E-state index contributed by atoms with van der Waals surface area (Å²) >= 11 is 0. The Morgan fingerprint density at radius 3 is 2.27 bits per heavy atom. The first-order valence-electron chi connectivity index (χ1n) is 5.55. The molecule has 1 aromatic rings. The lowest BCUT2D eigenvalue weighted by Gasteiger charge is -2.18. The Balaban J connectivity index is 3.27. The van der Waals surface area contributed by atoms with Gasteiger partial charge in [-0.05, 0) is 6.42 Å². The normalized spacial score (nSPS) is 14.3. The molecule has 0 saturated carbocycles. The molecule has 0 amide bonds. The molecule has 1 heterocycles. The molecule has 1 atom stereocenters. The van der Waals surface area contributed by atoms with Crippen molar-refractivity contribution >= 4 is 0 Å². The molecule has 1 rings (SSSR count). The van der Waals surface area contributed by atoms with E-state index in [0.29, 0.717) is 11.7 Å². The van der Waals surface area contributed by atoms with E-state index in [4.69, 9.17) is 0 Å². The summed E-state index contributed by atoms with van der Waals surface area (Å²) in [6, 6.07) is 0. The smallest absolute Gasteiger partial charge is 0.160 e. The number of hydrogen-bond donors (Lipinski definition) is 1. The van der Waals surface area contributed by atoms with Crippen molar-refractivity contribution in [1.82, 2.24) is 9.78 Å². The molecule has 15 heavy (non-hydrogen) atoms. The summed E-state index contributed by atoms with van der Waals surface area (Å²) in [5.74, 6) is 0.687. The van der Waals surface area contributed by atoms with E-state index in [1.165, 1.54) is 0 Å². The van der Waals surface area contributed by atoms with E-state index in [0.717, 1.165) is 17.8 Å². The van der Waals surface area contributed by atoms with Crippen LogP contribution in [0.5, 0.6) is 5.75 Å². The number of aryl methyl sites for hydroxylation is 1. The van der Waals surface area contributed by atoms with Gasteiger partial charge in [0.15, 0.2) is 5.75 Å². The van der Waals surface area contributed by atoms with Gasteiger partial charge in [0.25, 0.3) is 0 Å². The van der Waals surface area contributed by atoms with Gasteiger partial charge in [0.2, 0.25) is 0 Å². The second kappa shape index (κ2) is 3.87. The number of nitrogens with zero attached hydrogens (tertiary/aromatic N) is 2. The number of hydrogen-bond acceptors (Lipinski definition) is 2. The highest BCUT2D eigenvalue weighted by Gasteiger charge is 2.27. The Kier molecular flexibility index (Phi) is 3.12. The van der Waals surface area contributed by atoms with Crippen LogP contribution in [0.1, 0.15) is 58.3 Å². The molecule has 0 aromatic carbocycles. The largest absolute Gasteiger partial charge is 0.504 e. The molecule has 3 nitrogen and oxygen atoms in total. The van der Waals surface area contributed by atoms with Crippen LogP contribution < -0.4 is 0 Å². The van der Waals surface area contributed by atoms with Crippen molar-refractivity contribution in [2.75, 3.05) is 0 Å². The van der Waals surface area contributed by atoms with Gasteiger partial charge in [-0.3, -0.25) is 4.68 Å². The lowest BCUT2D eigenvalue weighted by molar-refractivity contribution is 0.428. The minimum atomic E-state index is -0.0719. The molecule has 0 radical (unpaired) electrons. The van der Waals surface area contributed by atoms with Crippen molar-refractivity contribution < 1.29 is 5.11 Å². The molecule has 0 saturated heterocycles. The number of aromatic hydroxyl groups is 1. The van der Waals surface area contributed by atoms with Gasteiger partial charge < -0.3 is 5.11 Å². The zero-order valence-electron chi connectivity index (χ0n) is 10.6. The Bertz CT molecular complexity index is 347. The first-order chi connectivity index (χ1) is 6.79. The van der Waals surface area contributed by atoms with Crippen molar-refractivity contribution in [2.24, 2.45) is 7.05 Å². The number of aromatic nitrogens is 2. The fraction of sp³-hybridized carbons (Fsp3) is 0.750. The summed E-state index contributed by atoms with van der Waals surface area (Å²) in [7, 11) is 1.90. The van der Waals surface area contributed by atoms with Crippen LogP contribution in [-0.4, -0.2) is 14.9 Å². The second-order valence-electron chi connectivity index (χ2n) is 5.27. The fourth-order valence-electron chi connectivity index (χ4n) is 1.90. The maximum absolute atomic E-state index is 10.2. The van der Waals surface area contributed by atoms with Gasteiger partial charge in [-0.1, -0.05) is 34.6 Å². The topological polar surface area (TPSA) is 38.0 Å². The Morgan fingerprint density at radius 1 is 1.40 bits per heavy atom. The quantitative estimate of drug-likeness (QED) is 0.815. The van der Waals surface area contributed by atoms with Crippen LogP contribution in [0.4, 0.5) is 0 Å². The molecule has 0 spiro atoms. The zero-order valence-corrected chi connectivity index (χ0v) is 10.6. The summed E-state index contributed by atoms with van der Waals surface area (Å²) in [6.45, 7) is 10.5. The van der Waals surface area contributed by atoms with Crippen LogP contribution >= 0.6 is 0 Å². The van der Waals surface area contributed by atoms with Gasteiger partial charge in [0, 0.05) is 18.4 Å². The first-order valence-corrected chi connectivity index (χ1v) is 5.55. The molecule has 0 aliphatic heterocycles. The van der Waals surface area contributed by atoms with Gasteiger partial charge in [-0.2, -0.15) is 5.10 Å². The van der Waals surface area contributed by atoms with Crippen molar-refractivity contribution in [3.8, 4) is 5.75 Å². The minimum absolute atomic E-state index is 0.0719. The highest BCUT2D eigenvalue weighted by Crippen LogP contribution is 2.36. The standard InChI is InChI=1S/C12H22N2O/c1-7-8(2)9-10(15)11(12(3,4)5)14(6)13-9/h8,15H,7H2,1-6H3. The van der Waals surface area contributed by atoms with Crippen molar-refractivity contribution in [1.29, 1.82) is 0 Å². The van der Waals surface area contributed by atoms with Gasteiger partial charge in [0.1, 0.15) is 5.69 Å². The lowest BCUT2D eigenvalue weighted by Crippen LogP contribution is -2.16. The number of rotatable bonds is 2. The average Bonchev–Trinajstić information content (AvgIpc) is 2.39. The molecule has 0 bridgehead atoms. The van der Waals surface area contributed by atoms with E-state index in [2.05, 4.69) is 39.7 Å². The van der Waals surface area contributed by atoms with E-state index in [1.54, 1.807) is 4.68 Å². The Morgan fingerprint density at radius 2 is 1.93 bits per heavy atom. The molecule has 1 N–H and O–H groups in total. The van der Waals surface area contributed by atoms with Crippen LogP contribution in [0.15, 0.2) is 0 Å². The van der Waals surface area contributed by atoms with Gasteiger partial charge in [-0.25, -0.2) is 0 Å². The van der Waals surface area contributed by atoms with E-state index >= 15 is 0 Å². The minimum Gasteiger partial charge on any atom is -0.504 e. The van der Waals surface area contributed by atoms with Crippen LogP contribution in [0, 0.1) is 0 Å². The fourth-order valence-corrected chi connectivity index (χ4v) is 1.90. The predicted molar refractivity (Wildman–Crippen MR) is 62.3 cm³/mol. The summed E-state index contributed by atoms with van der Waals surface area (Å²) in [5, 5.41) is 14.6. The van der Waals surface area contributed by atoms with Gasteiger partial charge in [-0.15, -0.1) is 0 Å². The lowest BCUT2D eigenvalue weighted by atomic mass is 9.90. The maximum atomic E-state index is 10.2. The molecule has 1 unspecified atom stereocenters. The Hall–Kier alpha value is -0.990. The molecule has 86 valence electrons. The highest BCUT2D eigenvalue weighted by molar-refractivity contribution is 5.38. The third-order valence-electron chi connectivity index (χ3n) is 2.84. The summed E-state index contributed by atoms with van der Waals surface area (Å²) < 4.78 is 1.80. The maximum Gasteiger partial charge on any atom is 0.160 e. The van der Waals surface area contributed by atoms with E-state index in [9.17, 15) is 5.11 Å². The summed E-state index contributed by atoms with van der Waals surface area (Å²) in [6.07, 6.45) is 0.994. The summed E-state index contributed by atoms with van der Waals surface area (Å²) in [4.78, 5) is 0.